The molecule has 2 rings (SSSR count). The number of carbonyl (C=O) groups excluding carboxylic acids is 1. The van der Waals surface area contributed by atoms with Gasteiger partial charge in [0.05, 0.1) is 27.8 Å². The summed E-state index contributed by atoms with van der Waals surface area (Å²) in [6.45, 7) is 7.96. The summed E-state index contributed by atoms with van der Waals surface area (Å²) >= 11 is 6.04. The molecule has 0 aromatic carbocycles. The molecule has 1 saturated heterocycles. The first-order valence-corrected chi connectivity index (χ1v) is 10.8. The smallest absolute Gasteiger partial charge is 0.442 e. The first-order valence-electron chi connectivity index (χ1n) is 8.33. The van der Waals surface area contributed by atoms with Crippen molar-refractivity contribution >= 4 is 33.2 Å². The number of nitrogens with zero attached hydrogens (tertiary/aromatic N) is 4. The minimum Gasteiger partial charge on any atom is -0.442 e. The van der Waals surface area contributed by atoms with Gasteiger partial charge in [0.2, 0.25) is 5.28 Å². The Hall–Kier alpha value is -1.45. The number of carbonyl (C=O) groups is 1. The standard InChI is InChI=1S/C16H25ClN4O4S/c1-16(2,3)25-15(22)20-26(4,23)11-12-10-13(19-14(17)18-12)21-6-5-8-24-9-7-21/h10H,5-9,11H2,1-4H3. The Morgan fingerprint density at radius 1 is 1.38 bits per heavy atom. The minimum absolute atomic E-state index is 0.0220. The van der Waals surface area contributed by atoms with Gasteiger partial charge in [-0.05, 0) is 38.8 Å². The quantitative estimate of drug-likeness (QED) is 0.715. The van der Waals surface area contributed by atoms with Gasteiger partial charge in [-0.1, -0.05) is 0 Å². The second-order valence-electron chi connectivity index (χ2n) is 7.11. The van der Waals surface area contributed by atoms with Gasteiger partial charge in [0.25, 0.3) is 0 Å². The highest BCUT2D eigenvalue weighted by atomic mass is 35.5. The second-order valence-corrected chi connectivity index (χ2v) is 9.84. The lowest BCUT2D eigenvalue weighted by molar-refractivity contribution is 0.0607. The molecule has 0 spiro atoms. The van der Waals surface area contributed by atoms with Crippen LogP contribution in [0.15, 0.2) is 10.4 Å². The summed E-state index contributed by atoms with van der Waals surface area (Å²) in [5.74, 6) is 0.629. The third kappa shape index (κ3) is 7.05. The van der Waals surface area contributed by atoms with Crippen LogP contribution in [0.1, 0.15) is 32.9 Å². The molecule has 1 aromatic heterocycles. The van der Waals surface area contributed by atoms with Gasteiger partial charge in [-0.2, -0.15) is 0 Å². The molecule has 1 atom stereocenters. The van der Waals surface area contributed by atoms with Crippen LogP contribution in [0.2, 0.25) is 5.28 Å². The number of hydrogen-bond donors (Lipinski definition) is 0. The number of rotatable bonds is 3. The maximum absolute atomic E-state index is 12.7. The normalized spacial score (nSPS) is 18.0. The Morgan fingerprint density at radius 3 is 2.81 bits per heavy atom. The second kappa shape index (κ2) is 8.49. The van der Waals surface area contributed by atoms with Crippen LogP contribution < -0.4 is 4.90 Å². The monoisotopic (exact) mass is 404 g/mol. The van der Waals surface area contributed by atoms with E-state index in [9.17, 15) is 9.00 Å². The molecule has 2 heterocycles. The van der Waals surface area contributed by atoms with Crippen molar-refractivity contribution in [3.8, 4) is 0 Å². The number of anilines is 1. The Bertz CT molecular complexity index is 764. The summed E-state index contributed by atoms with van der Waals surface area (Å²) in [5.41, 5.74) is -0.235. The highest BCUT2D eigenvalue weighted by Crippen LogP contribution is 2.19. The molecule has 1 amide bonds. The molecule has 0 aliphatic carbocycles. The Kier molecular flexibility index (Phi) is 6.81. The summed E-state index contributed by atoms with van der Waals surface area (Å²) in [4.78, 5) is 22.3. The van der Waals surface area contributed by atoms with Crippen molar-refractivity contribution in [1.82, 2.24) is 9.97 Å². The summed E-state index contributed by atoms with van der Waals surface area (Å²) in [7, 11) is -2.87. The molecule has 1 aromatic rings. The van der Waals surface area contributed by atoms with Gasteiger partial charge in [0.1, 0.15) is 11.4 Å². The predicted molar refractivity (Wildman–Crippen MR) is 101 cm³/mol. The van der Waals surface area contributed by atoms with Crippen molar-refractivity contribution in [2.45, 2.75) is 38.5 Å². The first-order chi connectivity index (χ1) is 12.0. The third-order valence-electron chi connectivity index (χ3n) is 3.36. The molecule has 1 aliphatic heterocycles. The fraction of sp³-hybridized carbons (Fsp3) is 0.688. The van der Waals surface area contributed by atoms with E-state index in [-0.39, 0.29) is 11.0 Å². The van der Waals surface area contributed by atoms with Gasteiger partial charge in [0.15, 0.2) is 0 Å². The Balaban J connectivity index is 2.20. The molecular weight excluding hydrogens is 380 g/mol. The van der Waals surface area contributed by atoms with Crippen molar-refractivity contribution in [2.75, 3.05) is 37.5 Å². The van der Waals surface area contributed by atoms with Crippen LogP contribution in [0.4, 0.5) is 10.6 Å². The van der Waals surface area contributed by atoms with Gasteiger partial charge < -0.3 is 14.4 Å². The van der Waals surface area contributed by atoms with Crippen molar-refractivity contribution in [1.29, 1.82) is 0 Å². The molecule has 1 aliphatic rings. The number of hydrogen-bond acceptors (Lipinski definition) is 7. The van der Waals surface area contributed by atoms with E-state index in [2.05, 4.69) is 14.3 Å². The van der Waals surface area contributed by atoms with E-state index < -0.39 is 21.4 Å². The lowest BCUT2D eigenvalue weighted by Crippen LogP contribution is -2.27. The molecule has 1 unspecified atom stereocenters. The molecule has 0 bridgehead atoms. The van der Waals surface area contributed by atoms with Crippen LogP contribution in [0.3, 0.4) is 0 Å². The maximum atomic E-state index is 12.7. The summed E-state index contributed by atoms with van der Waals surface area (Å²) in [6.07, 6.45) is 1.43. The Morgan fingerprint density at radius 2 is 2.12 bits per heavy atom. The van der Waals surface area contributed by atoms with E-state index in [1.165, 1.54) is 6.26 Å². The zero-order chi connectivity index (χ0) is 19.4. The largest absolute Gasteiger partial charge is 0.442 e. The van der Waals surface area contributed by atoms with Gasteiger partial charge >= 0.3 is 6.09 Å². The predicted octanol–water partition coefficient (Wildman–Crippen LogP) is 2.89. The first kappa shape index (κ1) is 20.9. The van der Waals surface area contributed by atoms with Crippen LogP contribution >= 0.6 is 11.6 Å². The number of ether oxygens (including phenoxy) is 2. The summed E-state index contributed by atoms with van der Waals surface area (Å²) < 4.78 is 26.9. The average Bonchev–Trinajstić information content (AvgIpc) is 2.71. The van der Waals surface area contributed by atoms with E-state index in [0.29, 0.717) is 31.3 Å². The van der Waals surface area contributed by atoms with Crippen molar-refractivity contribution in [3.63, 3.8) is 0 Å². The lowest BCUT2D eigenvalue weighted by atomic mass is 10.2. The van der Waals surface area contributed by atoms with Gasteiger partial charge in [-0.25, -0.2) is 19.0 Å². The van der Waals surface area contributed by atoms with Crippen LogP contribution in [0.25, 0.3) is 0 Å². The Labute approximate surface area is 159 Å². The lowest BCUT2D eigenvalue weighted by Gasteiger charge is -2.21. The molecular formula is C16H25ClN4O4S. The van der Waals surface area contributed by atoms with E-state index in [1.54, 1.807) is 26.8 Å². The van der Waals surface area contributed by atoms with E-state index in [4.69, 9.17) is 21.1 Å². The minimum atomic E-state index is -2.87. The third-order valence-corrected chi connectivity index (χ3v) is 4.90. The van der Waals surface area contributed by atoms with Crippen LogP contribution in [0.5, 0.6) is 0 Å². The van der Waals surface area contributed by atoms with E-state index >= 15 is 0 Å². The van der Waals surface area contributed by atoms with E-state index in [1.807, 2.05) is 4.90 Å². The molecule has 0 N–H and O–H groups in total. The van der Waals surface area contributed by atoms with Crippen molar-refractivity contribution in [2.24, 2.45) is 4.36 Å². The van der Waals surface area contributed by atoms with E-state index in [0.717, 1.165) is 13.0 Å². The molecule has 26 heavy (non-hydrogen) atoms. The zero-order valence-corrected chi connectivity index (χ0v) is 17.1. The van der Waals surface area contributed by atoms with Crippen molar-refractivity contribution in [3.05, 3.63) is 17.0 Å². The molecule has 1 fully saturated rings. The topological polar surface area (TPSA) is 94.0 Å². The molecule has 0 radical (unpaired) electrons. The molecule has 146 valence electrons. The van der Waals surface area contributed by atoms with Crippen molar-refractivity contribution < 1.29 is 18.5 Å². The molecule has 8 nitrogen and oxygen atoms in total. The SMILES string of the molecule is CC(C)(C)OC(=O)N=S(C)(=O)Cc1cc(N2CCCOCC2)nc(Cl)n1. The summed E-state index contributed by atoms with van der Waals surface area (Å²) in [5, 5.41) is 0.0649. The zero-order valence-electron chi connectivity index (χ0n) is 15.5. The van der Waals surface area contributed by atoms with Crippen LogP contribution in [-0.4, -0.2) is 58.4 Å². The number of halogens is 1. The maximum Gasteiger partial charge on any atom is 0.442 e. The van der Waals surface area contributed by atoms with Gasteiger partial charge in [-0.3, -0.25) is 0 Å². The molecule has 10 heteroatoms. The number of amides is 1. The number of aromatic nitrogens is 2. The summed E-state index contributed by atoms with van der Waals surface area (Å²) in [6, 6.07) is 1.73. The average molecular weight is 405 g/mol. The van der Waals surface area contributed by atoms with Crippen LogP contribution in [-0.2, 0) is 25.0 Å². The highest BCUT2D eigenvalue weighted by molar-refractivity contribution is 7.92. The molecule has 0 saturated carbocycles. The fourth-order valence-electron chi connectivity index (χ4n) is 2.41. The highest BCUT2D eigenvalue weighted by Gasteiger charge is 2.19. The fourth-order valence-corrected chi connectivity index (χ4v) is 3.72. The van der Waals surface area contributed by atoms with Gasteiger partial charge in [0, 0.05) is 32.0 Å². The van der Waals surface area contributed by atoms with Crippen LogP contribution in [0, 0.1) is 0 Å². The van der Waals surface area contributed by atoms with Gasteiger partial charge in [-0.15, -0.1) is 4.36 Å².